The average Bonchev–Trinajstić information content (AvgIpc) is 3.07. The Balaban J connectivity index is 2.33. The number of benzene rings is 1. The molecule has 0 aliphatic carbocycles. The van der Waals surface area contributed by atoms with Gasteiger partial charge in [0.1, 0.15) is 11.9 Å². The van der Waals surface area contributed by atoms with E-state index >= 15 is 0 Å². The van der Waals surface area contributed by atoms with Crippen LogP contribution in [0.25, 0.3) is 0 Å². The monoisotopic (exact) mass is 414 g/mol. The SMILES string of the molecule is COC(=O)C1=CN2[C@H](C#N)[C@@H](c3ccccc3F)C(C(=O)OC)(C(=O)OC)[C@@H]2C=C1. The Hall–Kier alpha value is -3.67. The first-order valence-corrected chi connectivity index (χ1v) is 8.95. The van der Waals surface area contributed by atoms with Gasteiger partial charge in [-0.3, -0.25) is 9.59 Å². The molecule has 1 aromatic carbocycles. The Morgan fingerprint density at radius 3 is 2.27 bits per heavy atom. The van der Waals surface area contributed by atoms with E-state index in [2.05, 4.69) is 0 Å². The third kappa shape index (κ3) is 2.84. The van der Waals surface area contributed by atoms with E-state index in [-0.39, 0.29) is 11.1 Å². The molecule has 0 N–H and O–H groups in total. The van der Waals surface area contributed by atoms with Crippen LogP contribution >= 0.6 is 0 Å². The van der Waals surface area contributed by atoms with Crippen molar-refractivity contribution in [2.45, 2.75) is 18.0 Å². The minimum atomic E-state index is -2.08. The first kappa shape index (κ1) is 21.0. The van der Waals surface area contributed by atoms with E-state index in [1.54, 1.807) is 0 Å². The van der Waals surface area contributed by atoms with E-state index in [1.165, 1.54) is 54.6 Å². The number of halogens is 1. The highest BCUT2D eigenvalue weighted by Crippen LogP contribution is 2.54. The van der Waals surface area contributed by atoms with Crippen LogP contribution in [0.3, 0.4) is 0 Å². The number of fused-ring (bicyclic) bond motifs is 1. The molecule has 3 rings (SSSR count). The Kier molecular flexibility index (Phi) is 5.60. The minimum absolute atomic E-state index is 0.0179. The third-order valence-electron chi connectivity index (χ3n) is 5.50. The third-order valence-corrected chi connectivity index (χ3v) is 5.50. The van der Waals surface area contributed by atoms with Crippen molar-refractivity contribution in [2.24, 2.45) is 5.41 Å². The summed E-state index contributed by atoms with van der Waals surface area (Å²) in [6.07, 6.45) is 4.13. The lowest BCUT2D eigenvalue weighted by atomic mass is 9.67. The summed E-state index contributed by atoms with van der Waals surface area (Å²) in [7, 11) is 3.39. The summed E-state index contributed by atoms with van der Waals surface area (Å²) in [5, 5.41) is 9.96. The number of hydrogen-bond donors (Lipinski definition) is 0. The van der Waals surface area contributed by atoms with Crippen molar-refractivity contribution in [1.82, 2.24) is 4.90 Å². The largest absolute Gasteiger partial charge is 0.468 e. The molecule has 1 aromatic rings. The number of carbonyl (C=O) groups excluding carboxylic acids is 3. The van der Waals surface area contributed by atoms with Crippen LogP contribution in [0.2, 0.25) is 0 Å². The number of rotatable bonds is 4. The van der Waals surface area contributed by atoms with E-state index in [1.807, 2.05) is 6.07 Å². The Morgan fingerprint density at radius 1 is 1.10 bits per heavy atom. The van der Waals surface area contributed by atoms with E-state index in [4.69, 9.17) is 14.2 Å². The predicted octanol–water partition coefficient (Wildman–Crippen LogP) is 1.44. The molecular weight excluding hydrogens is 395 g/mol. The van der Waals surface area contributed by atoms with Crippen molar-refractivity contribution in [3.05, 3.63) is 59.6 Å². The topological polar surface area (TPSA) is 106 Å². The molecular formula is C21H19FN2O6. The Labute approximate surface area is 172 Å². The van der Waals surface area contributed by atoms with Crippen molar-refractivity contribution in [2.75, 3.05) is 21.3 Å². The molecule has 2 aliphatic rings. The summed E-state index contributed by atoms with van der Waals surface area (Å²) in [5.41, 5.74) is -2.00. The van der Waals surface area contributed by atoms with Crippen LogP contribution in [0, 0.1) is 22.6 Å². The summed E-state index contributed by atoms with van der Waals surface area (Å²) in [5.74, 6) is -4.59. The Bertz CT molecular complexity index is 979. The number of ether oxygens (including phenoxy) is 3. The lowest BCUT2D eigenvalue weighted by Crippen LogP contribution is -2.52. The van der Waals surface area contributed by atoms with Crippen LogP contribution in [0.1, 0.15) is 11.5 Å². The summed E-state index contributed by atoms with van der Waals surface area (Å²) in [4.78, 5) is 39.6. The zero-order valence-corrected chi connectivity index (χ0v) is 16.5. The van der Waals surface area contributed by atoms with Gasteiger partial charge in [-0.2, -0.15) is 5.26 Å². The smallest absolute Gasteiger partial charge is 0.339 e. The molecule has 1 fully saturated rings. The first-order chi connectivity index (χ1) is 14.4. The number of methoxy groups -OCH3 is 3. The van der Waals surface area contributed by atoms with Crippen LogP contribution in [-0.4, -0.2) is 56.2 Å². The fourth-order valence-electron chi connectivity index (χ4n) is 4.26. The predicted molar refractivity (Wildman–Crippen MR) is 99.9 cm³/mol. The van der Waals surface area contributed by atoms with Crippen molar-refractivity contribution in [1.29, 1.82) is 5.26 Å². The fraction of sp³-hybridized carbons (Fsp3) is 0.333. The molecule has 0 amide bonds. The van der Waals surface area contributed by atoms with Gasteiger partial charge >= 0.3 is 17.9 Å². The van der Waals surface area contributed by atoms with Gasteiger partial charge in [-0.05, 0) is 17.7 Å². The maximum Gasteiger partial charge on any atom is 0.339 e. The van der Waals surface area contributed by atoms with Crippen LogP contribution in [-0.2, 0) is 28.6 Å². The molecule has 0 saturated carbocycles. The molecule has 0 spiro atoms. The second kappa shape index (κ2) is 7.99. The van der Waals surface area contributed by atoms with Gasteiger partial charge in [0, 0.05) is 6.20 Å². The van der Waals surface area contributed by atoms with Crippen LogP contribution in [0.4, 0.5) is 4.39 Å². The molecule has 8 nitrogen and oxygen atoms in total. The second-order valence-electron chi connectivity index (χ2n) is 6.75. The maximum atomic E-state index is 14.8. The molecule has 0 aromatic heterocycles. The number of nitrogens with zero attached hydrogens (tertiary/aromatic N) is 2. The number of nitriles is 1. The van der Waals surface area contributed by atoms with Crippen molar-refractivity contribution in [3.63, 3.8) is 0 Å². The standard InChI is InChI=1S/C21H19FN2O6/c1-28-18(25)12-8-9-16-21(19(26)29-2,20(27)30-3)17(15(10-23)24(16)11-12)13-6-4-5-7-14(13)22/h4-9,11,15-17H,1-3H3/t15-,16+,17-/m1/s1. The minimum Gasteiger partial charge on any atom is -0.468 e. The van der Waals surface area contributed by atoms with Crippen molar-refractivity contribution in [3.8, 4) is 6.07 Å². The van der Waals surface area contributed by atoms with Gasteiger partial charge in [0.25, 0.3) is 0 Å². The number of esters is 3. The highest BCUT2D eigenvalue weighted by Gasteiger charge is 2.70. The molecule has 9 heteroatoms. The van der Waals surface area contributed by atoms with Gasteiger partial charge in [0.15, 0.2) is 5.41 Å². The average molecular weight is 414 g/mol. The molecule has 156 valence electrons. The summed E-state index contributed by atoms with van der Waals surface area (Å²) < 4.78 is 29.4. The molecule has 2 heterocycles. The number of carbonyl (C=O) groups is 3. The molecule has 0 unspecified atom stereocenters. The maximum absolute atomic E-state index is 14.8. The van der Waals surface area contributed by atoms with Crippen LogP contribution < -0.4 is 0 Å². The normalized spacial score (nSPS) is 23.6. The van der Waals surface area contributed by atoms with Crippen LogP contribution in [0.5, 0.6) is 0 Å². The Morgan fingerprint density at radius 2 is 1.73 bits per heavy atom. The van der Waals surface area contributed by atoms with Crippen LogP contribution in [0.15, 0.2) is 48.2 Å². The highest BCUT2D eigenvalue weighted by atomic mass is 19.1. The van der Waals surface area contributed by atoms with E-state index in [0.717, 1.165) is 14.2 Å². The summed E-state index contributed by atoms with van der Waals surface area (Å²) >= 11 is 0. The molecule has 1 saturated heterocycles. The van der Waals surface area contributed by atoms with Gasteiger partial charge in [-0.15, -0.1) is 0 Å². The van der Waals surface area contributed by atoms with Gasteiger partial charge in [0.2, 0.25) is 0 Å². The zero-order valence-electron chi connectivity index (χ0n) is 16.5. The second-order valence-corrected chi connectivity index (χ2v) is 6.75. The quantitative estimate of drug-likeness (QED) is 0.414. The van der Waals surface area contributed by atoms with Gasteiger partial charge in [-0.25, -0.2) is 9.18 Å². The molecule has 0 bridgehead atoms. The zero-order chi connectivity index (χ0) is 22.1. The lowest BCUT2D eigenvalue weighted by Gasteiger charge is -2.34. The van der Waals surface area contributed by atoms with Crippen molar-refractivity contribution < 1.29 is 33.0 Å². The summed E-state index contributed by atoms with van der Waals surface area (Å²) in [6.45, 7) is 0. The molecule has 2 aliphatic heterocycles. The highest BCUT2D eigenvalue weighted by molar-refractivity contribution is 6.04. The van der Waals surface area contributed by atoms with Gasteiger partial charge in [-0.1, -0.05) is 24.3 Å². The van der Waals surface area contributed by atoms with E-state index in [9.17, 15) is 24.0 Å². The molecule has 30 heavy (non-hydrogen) atoms. The number of hydrogen-bond acceptors (Lipinski definition) is 8. The van der Waals surface area contributed by atoms with Gasteiger partial charge < -0.3 is 19.1 Å². The summed E-state index contributed by atoms with van der Waals surface area (Å²) in [6, 6.07) is 5.37. The first-order valence-electron chi connectivity index (χ1n) is 8.95. The van der Waals surface area contributed by atoms with Crippen molar-refractivity contribution >= 4 is 17.9 Å². The van der Waals surface area contributed by atoms with Gasteiger partial charge in [0.05, 0.1) is 44.9 Å². The van der Waals surface area contributed by atoms with E-state index < -0.39 is 47.1 Å². The molecule has 0 radical (unpaired) electrons. The van der Waals surface area contributed by atoms with E-state index in [0.29, 0.717) is 0 Å². The fourth-order valence-corrected chi connectivity index (χ4v) is 4.26. The molecule has 3 atom stereocenters. The lowest BCUT2D eigenvalue weighted by molar-refractivity contribution is -0.171.